The van der Waals surface area contributed by atoms with E-state index >= 15 is 0 Å². The monoisotopic (exact) mass is 358 g/mol. The maximum atomic E-state index is 10.2. The van der Waals surface area contributed by atoms with E-state index in [2.05, 4.69) is 52.0 Å². The average molecular weight is 359 g/mol. The van der Waals surface area contributed by atoms with Crippen molar-refractivity contribution in [1.29, 1.82) is 0 Å². The summed E-state index contributed by atoms with van der Waals surface area (Å²) < 4.78 is 0. The van der Waals surface area contributed by atoms with Gasteiger partial charge in [0, 0.05) is 4.90 Å². The molecule has 0 aromatic heterocycles. The van der Waals surface area contributed by atoms with E-state index in [1.54, 1.807) is 5.19 Å². The molecule has 130 valence electrons. The molecule has 0 aliphatic rings. The van der Waals surface area contributed by atoms with Crippen LogP contribution in [0.25, 0.3) is 0 Å². The van der Waals surface area contributed by atoms with Gasteiger partial charge >= 0.3 is 0 Å². The van der Waals surface area contributed by atoms with Gasteiger partial charge in [-0.25, -0.2) is 0 Å². The number of hydrogen-bond donors (Lipinski definition) is 1. The topological polar surface area (TPSA) is 20.2 Å². The van der Waals surface area contributed by atoms with Crippen molar-refractivity contribution >= 4 is 26.5 Å². The van der Waals surface area contributed by atoms with Crippen LogP contribution in [0.3, 0.4) is 0 Å². The molecule has 2 aromatic rings. The molecular formula is C21H30OSSi. The van der Waals surface area contributed by atoms with Crippen molar-refractivity contribution in [2.24, 2.45) is 0 Å². The first kappa shape index (κ1) is 19.1. The zero-order valence-electron chi connectivity index (χ0n) is 15.5. The number of hydrogen-bond acceptors (Lipinski definition) is 2. The molecule has 0 amide bonds. The highest BCUT2D eigenvalue weighted by atomic mass is 32.2. The van der Waals surface area contributed by atoms with Crippen LogP contribution in [0.15, 0.2) is 35.2 Å². The lowest BCUT2D eigenvalue weighted by Crippen LogP contribution is -2.20. The van der Waals surface area contributed by atoms with Gasteiger partial charge in [0.2, 0.25) is 0 Å². The van der Waals surface area contributed by atoms with Gasteiger partial charge in [0.15, 0.2) is 0 Å². The normalized spacial score (nSPS) is 11.5. The zero-order valence-corrected chi connectivity index (χ0v) is 17.7. The van der Waals surface area contributed by atoms with E-state index in [1.165, 1.54) is 27.0 Å². The van der Waals surface area contributed by atoms with Crippen molar-refractivity contribution in [3.8, 4) is 5.75 Å². The van der Waals surface area contributed by atoms with Gasteiger partial charge in [-0.3, -0.25) is 0 Å². The van der Waals surface area contributed by atoms with Crippen molar-refractivity contribution in [3.63, 3.8) is 0 Å². The number of thioether (sulfide) groups is 1. The number of benzene rings is 2. The Labute approximate surface area is 153 Å². The van der Waals surface area contributed by atoms with Crippen LogP contribution < -0.4 is 5.19 Å². The first-order chi connectivity index (χ1) is 11.6. The van der Waals surface area contributed by atoms with Crippen molar-refractivity contribution < 1.29 is 5.11 Å². The number of aryl methyl sites for hydroxylation is 3. The van der Waals surface area contributed by atoms with Crippen molar-refractivity contribution in [2.75, 3.05) is 5.38 Å². The molecule has 1 nitrogen and oxygen atoms in total. The second-order valence-electron chi connectivity index (χ2n) is 6.55. The number of phenolic OH excluding ortho intramolecular Hbond substituents is 1. The van der Waals surface area contributed by atoms with Gasteiger partial charge in [-0.1, -0.05) is 50.1 Å². The summed E-state index contributed by atoms with van der Waals surface area (Å²) >= 11 is 2.00. The molecule has 0 heterocycles. The minimum Gasteiger partial charge on any atom is -0.508 e. The smallest absolute Gasteiger partial charge is 0.119 e. The maximum Gasteiger partial charge on any atom is 0.119 e. The van der Waals surface area contributed by atoms with Gasteiger partial charge in [-0.2, -0.15) is 0 Å². The largest absolute Gasteiger partial charge is 0.508 e. The molecule has 1 N–H and O–H groups in total. The standard InChI is InChI=1S/C21H30OSSi/c1-5-8-17-13-20(18(9-6-2)12-19(17)22)23-14-24-21-11-7-10-15(3)16(21)4/h7,10-13,22H,5-6,8-9,14,24H2,1-4H3. The first-order valence-corrected chi connectivity index (χ1v) is 11.8. The van der Waals surface area contributed by atoms with Gasteiger partial charge in [-0.05, 0) is 66.5 Å². The van der Waals surface area contributed by atoms with Crippen LogP contribution in [0, 0.1) is 13.8 Å². The molecule has 2 rings (SSSR count). The van der Waals surface area contributed by atoms with Crippen LogP contribution in [0.4, 0.5) is 0 Å². The van der Waals surface area contributed by atoms with Crippen molar-refractivity contribution in [2.45, 2.75) is 58.3 Å². The summed E-state index contributed by atoms with van der Waals surface area (Å²) in [5.74, 6) is 0.483. The summed E-state index contributed by atoms with van der Waals surface area (Å²) in [6.07, 6.45) is 4.20. The Balaban J connectivity index is 2.12. The molecule has 0 aliphatic carbocycles. The Morgan fingerprint density at radius 3 is 2.42 bits per heavy atom. The Kier molecular flexibility index (Phi) is 7.44. The second kappa shape index (κ2) is 9.33. The highest BCUT2D eigenvalue weighted by molar-refractivity contribution is 8.00. The van der Waals surface area contributed by atoms with Crippen LogP contribution in [0.1, 0.15) is 48.9 Å². The van der Waals surface area contributed by atoms with E-state index in [-0.39, 0.29) is 9.52 Å². The fourth-order valence-corrected chi connectivity index (χ4v) is 6.77. The molecule has 0 saturated carbocycles. The van der Waals surface area contributed by atoms with E-state index in [1.807, 2.05) is 17.8 Å². The van der Waals surface area contributed by atoms with Crippen molar-refractivity contribution in [3.05, 3.63) is 52.6 Å². The van der Waals surface area contributed by atoms with Gasteiger partial charge in [0.25, 0.3) is 0 Å². The third-order valence-electron chi connectivity index (χ3n) is 4.65. The van der Waals surface area contributed by atoms with E-state index < -0.39 is 0 Å². The molecule has 0 atom stereocenters. The summed E-state index contributed by atoms with van der Waals surface area (Å²) in [6.45, 7) is 8.83. The molecule has 0 fully saturated rings. The van der Waals surface area contributed by atoms with E-state index in [4.69, 9.17) is 0 Å². The lowest BCUT2D eigenvalue weighted by molar-refractivity contribution is 0.466. The first-order valence-electron chi connectivity index (χ1n) is 9.09. The number of phenols is 1. The van der Waals surface area contributed by atoms with Crippen LogP contribution >= 0.6 is 11.8 Å². The lowest BCUT2D eigenvalue weighted by Gasteiger charge is -2.13. The van der Waals surface area contributed by atoms with Gasteiger partial charge < -0.3 is 5.11 Å². The summed E-state index contributed by atoms with van der Waals surface area (Å²) in [5.41, 5.74) is 5.31. The molecule has 0 bridgehead atoms. The summed E-state index contributed by atoms with van der Waals surface area (Å²) in [6, 6.07) is 11.0. The quantitative estimate of drug-likeness (QED) is 0.555. The van der Waals surface area contributed by atoms with Gasteiger partial charge in [0.05, 0.1) is 9.52 Å². The van der Waals surface area contributed by atoms with Gasteiger partial charge in [-0.15, -0.1) is 11.8 Å². The summed E-state index contributed by atoms with van der Waals surface area (Å²) in [4.78, 5) is 1.39. The third-order valence-corrected chi connectivity index (χ3v) is 8.27. The molecule has 2 aromatic carbocycles. The Morgan fingerprint density at radius 1 is 1.00 bits per heavy atom. The molecule has 0 saturated heterocycles. The molecular weight excluding hydrogens is 328 g/mol. The highest BCUT2D eigenvalue weighted by Crippen LogP contribution is 2.31. The minimum absolute atomic E-state index is 0.269. The van der Waals surface area contributed by atoms with E-state index in [0.717, 1.165) is 31.2 Å². The predicted octanol–water partition coefficient (Wildman–Crippen LogP) is 4.46. The summed E-state index contributed by atoms with van der Waals surface area (Å²) in [7, 11) is -0.269. The second-order valence-corrected chi connectivity index (χ2v) is 10.2. The highest BCUT2D eigenvalue weighted by Gasteiger charge is 2.10. The fourth-order valence-electron chi connectivity index (χ4n) is 3.08. The summed E-state index contributed by atoms with van der Waals surface area (Å²) in [5, 5.41) is 13.1. The van der Waals surface area contributed by atoms with Gasteiger partial charge in [0.1, 0.15) is 5.75 Å². The number of rotatable bonds is 8. The molecule has 0 aliphatic heterocycles. The molecule has 0 unspecified atom stereocenters. The molecule has 24 heavy (non-hydrogen) atoms. The third kappa shape index (κ3) is 4.90. The minimum atomic E-state index is -0.269. The molecule has 0 spiro atoms. The van der Waals surface area contributed by atoms with Crippen LogP contribution in [0.2, 0.25) is 0 Å². The van der Waals surface area contributed by atoms with E-state index in [9.17, 15) is 5.11 Å². The predicted molar refractivity (Wildman–Crippen MR) is 111 cm³/mol. The van der Waals surface area contributed by atoms with E-state index in [0.29, 0.717) is 5.75 Å². The fraction of sp³-hybridized carbons (Fsp3) is 0.429. The molecule has 0 radical (unpaired) electrons. The Bertz CT molecular complexity index is 682. The number of aromatic hydroxyl groups is 1. The van der Waals surface area contributed by atoms with Crippen LogP contribution in [-0.2, 0) is 12.8 Å². The van der Waals surface area contributed by atoms with Crippen LogP contribution in [0.5, 0.6) is 5.75 Å². The maximum absolute atomic E-state index is 10.2. The Hall–Kier alpha value is -1.19. The lowest BCUT2D eigenvalue weighted by atomic mass is 10.0. The van der Waals surface area contributed by atoms with Crippen LogP contribution in [-0.4, -0.2) is 20.0 Å². The average Bonchev–Trinajstić information content (AvgIpc) is 2.55. The Morgan fingerprint density at radius 2 is 1.71 bits per heavy atom. The molecule has 3 heteroatoms. The SMILES string of the molecule is CCCc1cc(SC[SiH2]c2cccc(C)c2C)c(CCC)cc1O. The zero-order chi connectivity index (χ0) is 17.5. The van der Waals surface area contributed by atoms with Crippen molar-refractivity contribution in [1.82, 2.24) is 0 Å².